The summed E-state index contributed by atoms with van der Waals surface area (Å²) < 4.78 is 5.78. The van der Waals surface area contributed by atoms with Crippen molar-refractivity contribution in [3.63, 3.8) is 0 Å². The van der Waals surface area contributed by atoms with Crippen molar-refractivity contribution in [1.82, 2.24) is 4.90 Å². The molecule has 1 aromatic rings. The topological polar surface area (TPSA) is 29.5 Å². The molecule has 23 heavy (non-hydrogen) atoms. The second-order valence-electron chi connectivity index (χ2n) is 7.57. The standard InChI is InChI=1S/C20H29NO2/c1-15(2)8-9-20(22)17-10-18-13-23-14-19(11-17)21(18)12-16-6-4-3-5-7-16/h3-7,15,17-19H,8-14H2,1-2H3. The van der Waals surface area contributed by atoms with Gasteiger partial charge in [-0.2, -0.15) is 0 Å². The molecule has 3 rings (SSSR count). The Bertz CT molecular complexity index is 500. The molecule has 2 heterocycles. The lowest BCUT2D eigenvalue weighted by Crippen LogP contribution is -2.57. The molecule has 2 bridgehead atoms. The Morgan fingerprint density at radius 1 is 1.17 bits per heavy atom. The first-order valence-corrected chi connectivity index (χ1v) is 9.03. The van der Waals surface area contributed by atoms with Crippen molar-refractivity contribution >= 4 is 5.78 Å². The van der Waals surface area contributed by atoms with Crippen LogP contribution < -0.4 is 0 Å². The Balaban J connectivity index is 1.62. The van der Waals surface area contributed by atoms with Crippen molar-refractivity contribution in [3.05, 3.63) is 35.9 Å². The van der Waals surface area contributed by atoms with Crippen LogP contribution in [0.1, 0.15) is 45.1 Å². The van der Waals surface area contributed by atoms with Crippen LogP contribution in [0.5, 0.6) is 0 Å². The van der Waals surface area contributed by atoms with E-state index in [2.05, 4.69) is 49.1 Å². The number of nitrogens with zero attached hydrogens (tertiary/aromatic N) is 1. The lowest BCUT2D eigenvalue weighted by molar-refractivity contribution is -0.133. The second kappa shape index (κ2) is 7.59. The molecule has 2 saturated heterocycles. The largest absolute Gasteiger partial charge is 0.378 e. The number of hydrogen-bond acceptors (Lipinski definition) is 3. The van der Waals surface area contributed by atoms with Gasteiger partial charge in [-0.1, -0.05) is 44.2 Å². The van der Waals surface area contributed by atoms with E-state index in [1.807, 2.05) is 0 Å². The van der Waals surface area contributed by atoms with E-state index in [-0.39, 0.29) is 5.92 Å². The summed E-state index contributed by atoms with van der Waals surface area (Å²) in [6, 6.07) is 11.4. The molecule has 0 spiro atoms. The van der Waals surface area contributed by atoms with Gasteiger partial charge in [0.15, 0.2) is 0 Å². The van der Waals surface area contributed by atoms with Crippen molar-refractivity contribution in [3.8, 4) is 0 Å². The molecule has 3 nitrogen and oxygen atoms in total. The van der Waals surface area contributed by atoms with Gasteiger partial charge in [0.25, 0.3) is 0 Å². The predicted molar refractivity (Wildman–Crippen MR) is 92.2 cm³/mol. The van der Waals surface area contributed by atoms with Crippen LogP contribution in [0.25, 0.3) is 0 Å². The number of ketones is 1. The molecule has 0 aliphatic carbocycles. The highest BCUT2D eigenvalue weighted by atomic mass is 16.5. The van der Waals surface area contributed by atoms with Gasteiger partial charge in [-0.05, 0) is 30.7 Å². The molecule has 0 amide bonds. The van der Waals surface area contributed by atoms with Crippen molar-refractivity contribution in [1.29, 1.82) is 0 Å². The van der Waals surface area contributed by atoms with E-state index in [4.69, 9.17) is 4.74 Å². The van der Waals surface area contributed by atoms with Crippen LogP contribution in [-0.2, 0) is 16.1 Å². The molecule has 0 radical (unpaired) electrons. The fraction of sp³-hybridized carbons (Fsp3) is 0.650. The summed E-state index contributed by atoms with van der Waals surface area (Å²) >= 11 is 0. The van der Waals surface area contributed by atoms with Crippen molar-refractivity contribution < 1.29 is 9.53 Å². The molecule has 2 aliphatic rings. The maximum absolute atomic E-state index is 12.5. The van der Waals surface area contributed by atoms with Crippen LogP contribution in [-0.4, -0.2) is 36.0 Å². The Morgan fingerprint density at radius 2 is 1.83 bits per heavy atom. The number of rotatable bonds is 6. The smallest absolute Gasteiger partial charge is 0.136 e. The fourth-order valence-corrected chi connectivity index (χ4v) is 3.94. The first-order valence-electron chi connectivity index (χ1n) is 9.03. The van der Waals surface area contributed by atoms with Crippen LogP contribution in [0.15, 0.2) is 30.3 Å². The zero-order chi connectivity index (χ0) is 16.2. The van der Waals surface area contributed by atoms with Crippen LogP contribution >= 0.6 is 0 Å². The van der Waals surface area contributed by atoms with Gasteiger partial charge in [-0.15, -0.1) is 0 Å². The van der Waals surface area contributed by atoms with Gasteiger partial charge in [0.1, 0.15) is 5.78 Å². The van der Waals surface area contributed by atoms with Crippen LogP contribution in [0.4, 0.5) is 0 Å². The van der Waals surface area contributed by atoms with Gasteiger partial charge < -0.3 is 4.74 Å². The lowest BCUT2D eigenvalue weighted by atomic mass is 9.80. The van der Waals surface area contributed by atoms with Gasteiger partial charge in [-0.25, -0.2) is 0 Å². The van der Waals surface area contributed by atoms with Crippen LogP contribution in [0.3, 0.4) is 0 Å². The molecular weight excluding hydrogens is 286 g/mol. The molecule has 2 aliphatic heterocycles. The minimum absolute atomic E-state index is 0.250. The van der Waals surface area contributed by atoms with Crippen molar-refractivity contribution in [2.75, 3.05) is 13.2 Å². The number of piperidine rings is 1. The van der Waals surface area contributed by atoms with E-state index in [0.29, 0.717) is 23.8 Å². The first kappa shape index (κ1) is 16.7. The number of benzene rings is 1. The van der Waals surface area contributed by atoms with Crippen molar-refractivity contribution in [2.45, 2.75) is 58.2 Å². The summed E-state index contributed by atoms with van der Waals surface area (Å²) in [7, 11) is 0. The Kier molecular flexibility index (Phi) is 5.50. The second-order valence-corrected chi connectivity index (χ2v) is 7.57. The zero-order valence-electron chi connectivity index (χ0n) is 14.4. The number of carbonyl (C=O) groups excluding carboxylic acids is 1. The minimum atomic E-state index is 0.250. The number of Topliss-reactive ketones (excluding diaryl/α,β-unsaturated/α-hetero) is 1. The monoisotopic (exact) mass is 315 g/mol. The van der Waals surface area contributed by atoms with E-state index in [1.54, 1.807) is 0 Å². The molecule has 1 aromatic carbocycles. The summed E-state index contributed by atoms with van der Waals surface area (Å²) in [5.74, 6) is 1.34. The van der Waals surface area contributed by atoms with E-state index in [1.165, 1.54) is 5.56 Å². The highest BCUT2D eigenvalue weighted by Crippen LogP contribution is 2.34. The molecule has 2 atom stereocenters. The van der Waals surface area contributed by atoms with Crippen LogP contribution in [0, 0.1) is 11.8 Å². The number of ether oxygens (including phenoxy) is 1. The summed E-state index contributed by atoms with van der Waals surface area (Å²) in [6.45, 7) is 6.91. The normalized spacial score (nSPS) is 28.0. The number of fused-ring (bicyclic) bond motifs is 2. The summed E-state index contributed by atoms with van der Waals surface area (Å²) in [5.41, 5.74) is 1.36. The van der Waals surface area contributed by atoms with Gasteiger partial charge in [-0.3, -0.25) is 9.69 Å². The lowest BCUT2D eigenvalue weighted by Gasteiger charge is -2.48. The average Bonchev–Trinajstić information content (AvgIpc) is 2.53. The van der Waals surface area contributed by atoms with E-state index in [9.17, 15) is 4.79 Å². The number of hydrogen-bond donors (Lipinski definition) is 0. The third kappa shape index (κ3) is 4.21. The van der Waals surface area contributed by atoms with Gasteiger partial charge in [0.05, 0.1) is 13.2 Å². The Labute approximate surface area is 140 Å². The molecule has 0 saturated carbocycles. The quantitative estimate of drug-likeness (QED) is 0.802. The maximum atomic E-state index is 12.5. The third-order valence-corrected chi connectivity index (χ3v) is 5.30. The van der Waals surface area contributed by atoms with E-state index >= 15 is 0 Å². The summed E-state index contributed by atoms with van der Waals surface area (Å²) in [4.78, 5) is 15.1. The minimum Gasteiger partial charge on any atom is -0.378 e. The Morgan fingerprint density at radius 3 is 2.43 bits per heavy atom. The Hall–Kier alpha value is -1.19. The molecular formula is C20H29NO2. The van der Waals surface area contributed by atoms with Gasteiger partial charge in [0, 0.05) is 31.0 Å². The first-order chi connectivity index (χ1) is 11.1. The van der Waals surface area contributed by atoms with Gasteiger partial charge in [0.2, 0.25) is 0 Å². The average molecular weight is 315 g/mol. The highest BCUT2D eigenvalue weighted by Gasteiger charge is 2.40. The molecule has 0 aromatic heterocycles. The fourth-order valence-electron chi connectivity index (χ4n) is 3.94. The zero-order valence-corrected chi connectivity index (χ0v) is 14.4. The van der Waals surface area contributed by atoms with Crippen molar-refractivity contribution in [2.24, 2.45) is 11.8 Å². The molecule has 2 unspecified atom stereocenters. The molecule has 3 heteroatoms. The maximum Gasteiger partial charge on any atom is 0.136 e. The van der Waals surface area contributed by atoms with Crippen LogP contribution in [0.2, 0.25) is 0 Å². The SMILES string of the molecule is CC(C)CCC(=O)C1CC2COCC(C1)N2Cc1ccccc1. The van der Waals surface area contributed by atoms with E-state index < -0.39 is 0 Å². The summed E-state index contributed by atoms with van der Waals surface area (Å²) in [5, 5.41) is 0. The predicted octanol–water partition coefficient (Wildman–Crippen LogP) is 3.67. The van der Waals surface area contributed by atoms with Gasteiger partial charge >= 0.3 is 0 Å². The summed E-state index contributed by atoms with van der Waals surface area (Å²) in [6.07, 6.45) is 3.72. The molecule has 0 N–H and O–H groups in total. The third-order valence-electron chi connectivity index (χ3n) is 5.30. The molecule has 2 fully saturated rings. The number of morpholine rings is 1. The number of carbonyl (C=O) groups is 1. The molecule has 126 valence electrons. The van der Waals surface area contributed by atoms with E-state index in [0.717, 1.165) is 45.4 Å². The highest BCUT2D eigenvalue weighted by molar-refractivity contribution is 5.81.